The number of rotatable bonds is 5. The average molecular weight is 239 g/mol. The molecule has 1 heterocycles. The summed E-state index contributed by atoms with van der Waals surface area (Å²) in [4.78, 5) is 11.7. The van der Waals surface area contributed by atoms with Gasteiger partial charge in [0.05, 0.1) is 12.1 Å². The smallest absolute Gasteiger partial charge is 0.224 e. The van der Waals surface area contributed by atoms with E-state index in [1.165, 1.54) is 0 Å². The molecule has 96 valence electrons. The maximum Gasteiger partial charge on any atom is 0.224 e. The molecule has 1 aromatic heterocycles. The molecule has 0 aliphatic carbocycles. The van der Waals surface area contributed by atoms with Gasteiger partial charge in [-0.3, -0.25) is 4.79 Å². The van der Waals surface area contributed by atoms with Crippen molar-refractivity contribution < 1.29 is 9.32 Å². The largest absolute Gasteiger partial charge is 0.361 e. The van der Waals surface area contributed by atoms with E-state index in [1.54, 1.807) is 0 Å². The number of nitrogens with zero attached hydrogens (tertiary/aromatic N) is 1. The molecule has 1 unspecified atom stereocenters. The van der Waals surface area contributed by atoms with E-state index in [9.17, 15) is 4.79 Å². The Balaban J connectivity index is 2.45. The van der Waals surface area contributed by atoms with Gasteiger partial charge in [0.1, 0.15) is 5.76 Å². The van der Waals surface area contributed by atoms with E-state index in [0.717, 1.165) is 11.3 Å². The average Bonchev–Trinajstić information content (AvgIpc) is 2.57. The molecule has 1 atom stereocenters. The molecule has 0 aliphatic heterocycles. The fraction of sp³-hybridized carbons (Fsp3) is 0.667. The summed E-state index contributed by atoms with van der Waals surface area (Å²) < 4.78 is 5.01. The van der Waals surface area contributed by atoms with Gasteiger partial charge >= 0.3 is 0 Å². The van der Waals surface area contributed by atoms with Crippen molar-refractivity contribution in [2.24, 2.45) is 11.7 Å². The van der Waals surface area contributed by atoms with Crippen molar-refractivity contribution in [3.8, 4) is 0 Å². The summed E-state index contributed by atoms with van der Waals surface area (Å²) in [5.74, 6) is 1.01. The molecule has 5 nitrogen and oxygen atoms in total. The van der Waals surface area contributed by atoms with E-state index in [1.807, 2.05) is 27.7 Å². The number of nitrogens with two attached hydrogens (primary N) is 1. The van der Waals surface area contributed by atoms with Crippen molar-refractivity contribution in [2.45, 2.75) is 40.2 Å². The lowest BCUT2D eigenvalue weighted by Gasteiger charge is -2.16. The van der Waals surface area contributed by atoms with E-state index in [4.69, 9.17) is 10.3 Å². The van der Waals surface area contributed by atoms with Crippen molar-refractivity contribution in [1.82, 2.24) is 10.5 Å². The highest BCUT2D eigenvalue weighted by atomic mass is 16.5. The lowest BCUT2D eigenvalue weighted by molar-refractivity contribution is -0.120. The van der Waals surface area contributed by atoms with Crippen molar-refractivity contribution in [1.29, 1.82) is 0 Å². The molecule has 0 spiro atoms. The van der Waals surface area contributed by atoms with Crippen LogP contribution in [0, 0.1) is 19.8 Å². The van der Waals surface area contributed by atoms with E-state index in [0.29, 0.717) is 24.6 Å². The molecular formula is C12H21N3O2. The lowest BCUT2D eigenvalue weighted by Crippen LogP contribution is -2.40. The van der Waals surface area contributed by atoms with Crippen molar-refractivity contribution in [2.75, 3.05) is 6.54 Å². The van der Waals surface area contributed by atoms with Gasteiger partial charge in [-0.15, -0.1) is 0 Å². The predicted octanol–water partition coefficient (Wildman–Crippen LogP) is 0.933. The molecule has 0 aromatic carbocycles. The fourth-order valence-electron chi connectivity index (χ4n) is 1.44. The first-order valence-electron chi connectivity index (χ1n) is 5.85. The van der Waals surface area contributed by atoms with Crippen molar-refractivity contribution in [3.05, 3.63) is 17.0 Å². The number of aryl methyl sites for hydroxylation is 2. The third-order valence-electron chi connectivity index (χ3n) is 2.91. The molecule has 0 saturated heterocycles. The number of carbonyl (C=O) groups is 1. The summed E-state index contributed by atoms with van der Waals surface area (Å²) in [5, 5.41) is 6.64. The Morgan fingerprint density at radius 2 is 2.12 bits per heavy atom. The Morgan fingerprint density at radius 3 is 2.59 bits per heavy atom. The zero-order valence-corrected chi connectivity index (χ0v) is 10.9. The van der Waals surface area contributed by atoms with Gasteiger partial charge in [-0.25, -0.2) is 0 Å². The minimum absolute atomic E-state index is 0.0105. The number of aromatic nitrogens is 1. The third-order valence-corrected chi connectivity index (χ3v) is 2.91. The Bertz CT molecular complexity index is 366. The summed E-state index contributed by atoms with van der Waals surface area (Å²) in [6.07, 6.45) is 0.298. The maximum absolute atomic E-state index is 11.7. The van der Waals surface area contributed by atoms with Crippen molar-refractivity contribution >= 4 is 5.91 Å². The molecule has 0 fully saturated rings. The second kappa shape index (κ2) is 5.82. The molecule has 3 N–H and O–H groups in total. The molecule has 5 heteroatoms. The first kappa shape index (κ1) is 13.7. The highest BCUT2D eigenvalue weighted by Gasteiger charge is 2.14. The minimum Gasteiger partial charge on any atom is -0.361 e. The molecule has 17 heavy (non-hydrogen) atoms. The minimum atomic E-state index is -0.0458. The van der Waals surface area contributed by atoms with Crippen LogP contribution >= 0.6 is 0 Å². The Hall–Kier alpha value is -1.36. The molecule has 0 aliphatic rings. The SMILES string of the molecule is Cc1noc(C)c1CC(=O)NCC(N)C(C)C. The van der Waals surface area contributed by atoms with Gasteiger partial charge in [-0.1, -0.05) is 19.0 Å². The van der Waals surface area contributed by atoms with E-state index < -0.39 is 0 Å². The van der Waals surface area contributed by atoms with Gasteiger partial charge in [-0.2, -0.15) is 0 Å². The zero-order chi connectivity index (χ0) is 13.0. The van der Waals surface area contributed by atoms with Crippen LogP contribution in [0.2, 0.25) is 0 Å². The second-order valence-corrected chi connectivity index (χ2v) is 4.69. The summed E-state index contributed by atoms with van der Waals surface area (Å²) in [6.45, 7) is 8.21. The van der Waals surface area contributed by atoms with Crippen LogP contribution in [0.25, 0.3) is 0 Å². The van der Waals surface area contributed by atoms with Crippen LogP contribution < -0.4 is 11.1 Å². The monoisotopic (exact) mass is 239 g/mol. The second-order valence-electron chi connectivity index (χ2n) is 4.69. The number of nitrogens with one attached hydrogen (secondary N) is 1. The quantitative estimate of drug-likeness (QED) is 0.801. The Kier molecular flexibility index (Phi) is 4.69. The van der Waals surface area contributed by atoms with Crippen LogP contribution in [-0.2, 0) is 11.2 Å². The zero-order valence-electron chi connectivity index (χ0n) is 10.9. The summed E-state index contributed by atoms with van der Waals surface area (Å²) >= 11 is 0. The van der Waals surface area contributed by atoms with Gasteiger partial charge in [0, 0.05) is 18.2 Å². The molecule has 1 aromatic rings. The topological polar surface area (TPSA) is 81.2 Å². The van der Waals surface area contributed by atoms with Gasteiger partial charge in [0.2, 0.25) is 5.91 Å². The highest BCUT2D eigenvalue weighted by Crippen LogP contribution is 2.12. The van der Waals surface area contributed by atoms with Crippen LogP contribution in [0.1, 0.15) is 30.9 Å². The van der Waals surface area contributed by atoms with Crippen LogP contribution in [0.3, 0.4) is 0 Å². The number of hydrogen-bond acceptors (Lipinski definition) is 4. The third kappa shape index (κ3) is 3.85. The summed E-state index contributed by atoms with van der Waals surface area (Å²) in [7, 11) is 0. The van der Waals surface area contributed by atoms with Crippen LogP contribution in [0.15, 0.2) is 4.52 Å². The first-order valence-corrected chi connectivity index (χ1v) is 5.85. The number of hydrogen-bond donors (Lipinski definition) is 2. The molecule has 1 rings (SSSR count). The van der Waals surface area contributed by atoms with Crippen molar-refractivity contribution in [3.63, 3.8) is 0 Å². The number of amides is 1. The van der Waals surface area contributed by atoms with Gasteiger partial charge in [-0.05, 0) is 19.8 Å². The first-order chi connectivity index (χ1) is 7.91. The standard InChI is InChI=1S/C12H21N3O2/c1-7(2)11(13)6-14-12(16)5-10-8(3)15-17-9(10)4/h7,11H,5-6,13H2,1-4H3,(H,14,16). The predicted molar refractivity (Wildman–Crippen MR) is 65.5 cm³/mol. The normalized spacial score (nSPS) is 12.8. The Labute approximate surface area is 102 Å². The summed E-state index contributed by atoms with van der Waals surface area (Å²) in [5.41, 5.74) is 7.48. The Morgan fingerprint density at radius 1 is 1.47 bits per heavy atom. The van der Waals surface area contributed by atoms with Crippen LogP contribution in [-0.4, -0.2) is 23.7 Å². The number of carbonyl (C=O) groups excluding carboxylic acids is 1. The van der Waals surface area contributed by atoms with Gasteiger partial charge < -0.3 is 15.6 Å². The van der Waals surface area contributed by atoms with Gasteiger partial charge in [0.25, 0.3) is 0 Å². The molecule has 1 amide bonds. The highest BCUT2D eigenvalue weighted by molar-refractivity contribution is 5.79. The fourth-order valence-corrected chi connectivity index (χ4v) is 1.44. The van der Waals surface area contributed by atoms with Gasteiger partial charge in [0.15, 0.2) is 0 Å². The van der Waals surface area contributed by atoms with E-state index in [2.05, 4.69) is 10.5 Å². The summed E-state index contributed by atoms with van der Waals surface area (Å²) in [6, 6.07) is -0.0105. The van der Waals surface area contributed by atoms with E-state index in [-0.39, 0.29) is 11.9 Å². The van der Waals surface area contributed by atoms with Crippen LogP contribution in [0.4, 0.5) is 0 Å². The lowest BCUT2D eigenvalue weighted by atomic mass is 10.1. The molecule has 0 saturated carbocycles. The molecule has 0 radical (unpaired) electrons. The maximum atomic E-state index is 11.7. The molecular weight excluding hydrogens is 218 g/mol. The van der Waals surface area contributed by atoms with Crippen LogP contribution in [0.5, 0.6) is 0 Å². The van der Waals surface area contributed by atoms with E-state index >= 15 is 0 Å². The molecule has 0 bridgehead atoms.